The summed E-state index contributed by atoms with van der Waals surface area (Å²) in [7, 11) is -3.68. The maximum absolute atomic E-state index is 13.0. The fourth-order valence-corrected chi connectivity index (χ4v) is 3.84. The lowest BCUT2D eigenvalue weighted by atomic mass is 9.94. The van der Waals surface area contributed by atoms with Gasteiger partial charge < -0.3 is 14.4 Å². The highest BCUT2D eigenvalue weighted by molar-refractivity contribution is 7.57. The van der Waals surface area contributed by atoms with Crippen LogP contribution in [0.3, 0.4) is 0 Å². The summed E-state index contributed by atoms with van der Waals surface area (Å²) < 4.78 is 23.8. The van der Waals surface area contributed by atoms with E-state index in [4.69, 9.17) is 9.26 Å². The quantitative estimate of drug-likeness (QED) is 0.504. The molecular weight excluding hydrogens is 341 g/mol. The van der Waals surface area contributed by atoms with Gasteiger partial charge in [-0.05, 0) is 36.8 Å². The monoisotopic (exact) mass is 371 g/mol. The Morgan fingerprint density at radius 2 is 1.68 bits per heavy atom. The van der Waals surface area contributed by atoms with Crippen molar-refractivity contribution in [2.24, 2.45) is 0 Å². The summed E-state index contributed by atoms with van der Waals surface area (Å²) in [6.07, 6.45) is -0.722. The zero-order valence-corrected chi connectivity index (χ0v) is 16.8. The molecule has 2 atom stereocenters. The minimum atomic E-state index is -3.68. The van der Waals surface area contributed by atoms with Crippen molar-refractivity contribution in [3.05, 3.63) is 29.3 Å². The van der Waals surface area contributed by atoms with Gasteiger partial charge in [-0.15, -0.1) is 0 Å². The van der Waals surface area contributed by atoms with E-state index in [1.165, 1.54) is 6.92 Å². The lowest BCUT2D eigenvalue weighted by molar-refractivity contribution is -0.144. The second-order valence-electron chi connectivity index (χ2n) is 6.58. The number of esters is 1. The zero-order valence-electron chi connectivity index (χ0n) is 15.9. The van der Waals surface area contributed by atoms with Crippen molar-refractivity contribution in [1.82, 2.24) is 5.09 Å². The molecule has 1 aromatic rings. The first-order chi connectivity index (χ1) is 11.6. The molecule has 0 aromatic heterocycles. The van der Waals surface area contributed by atoms with Gasteiger partial charge >= 0.3 is 13.5 Å². The fraction of sp³-hybridized carbons (Fsp3) is 0.611. The first kappa shape index (κ1) is 21.7. The molecule has 1 aromatic carbocycles. The molecule has 0 fully saturated rings. The van der Waals surface area contributed by atoms with E-state index < -0.39 is 25.9 Å². The van der Waals surface area contributed by atoms with Gasteiger partial charge in [0.25, 0.3) is 0 Å². The van der Waals surface area contributed by atoms with Gasteiger partial charge in [0.1, 0.15) is 18.1 Å². The van der Waals surface area contributed by atoms with Crippen LogP contribution in [0.4, 0.5) is 0 Å². The van der Waals surface area contributed by atoms with E-state index in [1.807, 2.05) is 45.9 Å². The van der Waals surface area contributed by atoms with Crippen LogP contribution in [0.1, 0.15) is 64.5 Å². The van der Waals surface area contributed by atoms with Gasteiger partial charge in [0, 0.05) is 0 Å². The first-order valence-corrected chi connectivity index (χ1v) is 10.4. The Balaban J connectivity index is 3.19. The van der Waals surface area contributed by atoms with Crippen molar-refractivity contribution < 1.29 is 23.7 Å². The molecule has 142 valence electrons. The number of benzene rings is 1. The van der Waals surface area contributed by atoms with Crippen LogP contribution in [0.2, 0.25) is 0 Å². The Morgan fingerprint density at radius 1 is 1.16 bits per heavy atom. The Hall–Kier alpha value is -1.36. The van der Waals surface area contributed by atoms with Crippen LogP contribution in [-0.2, 0) is 14.1 Å². The minimum absolute atomic E-state index is 0.156. The second kappa shape index (κ2) is 9.37. The number of ether oxygens (including phenoxy) is 1. The van der Waals surface area contributed by atoms with Crippen LogP contribution < -0.4 is 9.61 Å². The number of hydrogen-bond acceptors (Lipinski definition) is 5. The summed E-state index contributed by atoms with van der Waals surface area (Å²) in [4.78, 5) is 11.8. The number of carbonyl (C=O) groups is 1. The summed E-state index contributed by atoms with van der Waals surface area (Å²) in [5, 5.41) is 12.3. The second-order valence-corrected chi connectivity index (χ2v) is 8.65. The molecule has 7 heteroatoms. The van der Waals surface area contributed by atoms with Crippen LogP contribution >= 0.6 is 7.52 Å². The van der Waals surface area contributed by atoms with Gasteiger partial charge in [-0.2, -0.15) is 0 Å². The molecule has 0 bridgehead atoms. The van der Waals surface area contributed by atoms with E-state index in [0.29, 0.717) is 5.75 Å². The van der Waals surface area contributed by atoms with Crippen molar-refractivity contribution in [3.63, 3.8) is 0 Å². The van der Waals surface area contributed by atoms with Gasteiger partial charge in [-0.25, -0.2) is 5.09 Å². The van der Waals surface area contributed by atoms with E-state index in [-0.39, 0.29) is 18.4 Å². The molecule has 0 radical (unpaired) electrons. The molecule has 1 rings (SSSR count). The molecule has 0 spiro atoms. The number of aliphatic hydroxyl groups excluding tert-OH is 1. The topological polar surface area (TPSA) is 84.9 Å². The largest absolute Gasteiger partial charge is 0.465 e. The molecule has 2 N–H and O–H groups in total. The number of para-hydroxylation sites is 1. The fourth-order valence-electron chi connectivity index (χ4n) is 2.45. The molecule has 0 heterocycles. The van der Waals surface area contributed by atoms with Gasteiger partial charge in [0.05, 0.1) is 6.61 Å². The van der Waals surface area contributed by atoms with Crippen LogP contribution in [0, 0.1) is 0 Å². The molecule has 0 saturated heterocycles. The highest BCUT2D eigenvalue weighted by Crippen LogP contribution is 2.47. The molecule has 6 nitrogen and oxygen atoms in total. The molecule has 0 aliphatic heterocycles. The number of aliphatic hydroxyl groups is 1. The predicted octanol–water partition coefficient (Wildman–Crippen LogP) is 4.00. The third-order valence-corrected chi connectivity index (χ3v) is 5.41. The molecular formula is C18H30NO5P. The lowest BCUT2D eigenvalue weighted by Gasteiger charge is -2.26. The van der Waals surface area contributed by atoms with Crippen molar-refractivity contribution in [2.45, 2.75) is 59.4 Å². The van der Waals surface area contributed by atoms with E-state index in [2.05, 4.69) is 5.09 Å². The number of rotatable bonds is 9. The lowest BCUT2D eigenvalue weighted by Crippen LogP contribution is -2.35. The maximum atomic E-state index is 13.0. The van der Waals surface area contributed by atoms with Crippen molar-refractivity contribution in [3.8, 4) is 5.75 Å². The molecule has 0 aliphatic rings. The first-order valence-electron chi connectivity index (χ1n) is 8.61. The van der Waals surface area contributed by atoms with Gasteiger partial charge in [-0.3, -0.25) is 9.36 Å². The minimum Gasteiger partial charge on any atom is -0.465 e. The highest BCUT2D eigenvalue weighted by atomic mass is 31.2. The Labute approximate surface area is 150 Å². The van der Waals surface area contributed by atoms with Crippen LogP contribution in [-0.4, -0.2) is 30.1 Å². The number of carbonyl (C=O) groups excluding carboxylic acids is 1. The summed E-state index contributed by atoms with van der Waals surface area (Å²) in [6.45, 7) is 11.5. The van der Waals surface area contributed by atoms with Crippen molar-refractivity contribution in [1.29, 1.82) is 0 Å². The van der Waals surface area contributed by atoms with E-state index >= 15 is 0 Å². The smallest absolute Gasteiger partial charge is 0.342 e. The maximum Gasteiger partial charge on any atom is 0.342 e. The average Bonchev–Trinajstić information content (AvgIpc) is 2.54. The molecule has 0 amide bonds. The molecule has 0 aliphatic carbocycles. The summed E-state index contributed by atoms with van der Waals surface area (Å²) in [5.74, 6) is 0.279. The van der Waals surface area contributed by atoms with Crippen LogP contribution in [0.15, 0.2) is 18.2 Å². The van der Waals surface area contributed by atoms with Crippen molar-refractivity contribution in [2.75, 3.05) is 13.0 Å². The SMILES string of the molecule is CCOC(=O)C(C)NP(=O)(CO)Oc1c(C(C)C)cccc1C(C)C. The highest BCUT2D eigenvalue weighted by Gasteiger charge is 2.31. The van der Waals surface area contributed by atoms with Crippen LogP contribution in [0.25, 0.3) is 0 Å². The number of hydrogen-bond donors (Lipinski definition) is 2. The summed E-state index contributed by atoms with van der Waals surface area (Å²) in [6, 6.07) is 4.92. The van der Waals surface area contributed by atoms with E-state index in [1.54, 1.807) is 6.92 Å². The van der Waals surface area contributed by atoms with Gasteiger partial charge in [-0.1, -0.05) is 45.9 Å². The third kappa shape index (κ3) is 5.84. The van der Waals surface area contributed by atoms with Crippen LogP contribution in [0.5, 0.6) is 5.75 Å². The summed E-state index contributed by atoms with van der Waals surface area (Å²) >= 11 is 0. The summed E-state index contributed by atoms with van der Waals surface area (Å²) in [5.41, 5.74) is 1.82. The average molecular weight is 371 g/mol. The third-order valence-electron chi connectivity index (χ3n) is 3.78. The molecule has 0 saturated carbocycles. The Morgan fingerprint density at radius 3 is 2.08 bits per heavy atom. The Kier molecular flexibility index (Phi) is 8.13. The van der Waals surface area contributed by atoms with E-state index in [9.17, 15) is 14.5 Å². The normalized spacial score (nSPS) is 15.1. The molecule has 25 heavy (non-hydrogen) atoms. The Bertz CT molecular complexity index is 604. The zero-order chi connectivity index (χ0) is 19.2. The number of nitrogens with one attached hydrogen (secondary N) is 1. The van der Waals surface area contributed by atoms with Crippen molar-refractivity contribution >= 4 is 13.5 Å². The molecule has 2 unspecified atom stereocenters. The van der Waals surface area contributed by atoms with Gasteiger partial charge in [0.2, 0.25) is 0 Å². The standard InChI is InChI=1S/C18H30NO5P/c1-7-23-18(21)14(6)19-25(22,11-20)24-17-15(12(2)3)9-8-10-16(17)13(4)5/h8-10,12-14,20H,7,11H2,1-6H3,(H,19,22). The van der Waals surface area contributed by atoms with Gasteiger partial charge in [0.15, 0.2) is 0 Å². The predicted molar refractivity (Wildman–Crippen MR) is 99.2 cm³/mol. The van der Waals surface area contributed by atoms with E-state index in [0.717, 1.165) is 11.1 Å².